The van der Waals surface area contributed by atoms with E-state index in [1.165, 1.54) is 24.2 Å². The monoisotopic (exact) mass is 311 g/mol. The topological polar surface area (TPSA) is 28.2 Å². The molecule has 0 spiro atoms. The highest BCUT2D eigenvalue weighted by Crippen LogP contribution is 2.30. The van der Waals surface area contributed by atoms with Crippen LogP contribution in [-0.2, 0) is 6.54 Å². The molecule has 2 fully saturated rings. The first-order valence-corrected chi connectivity index (χ1v) is 8.84. The van der Waals surface area contributed by atoms with Crippen LogP contribution >= 0.6 is 23.4 Å². The van der Waals surface area contributed by atoms with Gasteiger partial charge < -0.3 is 10.2 Å². The molecule has 2 atom stereocenters. The largest absolute Gasteiger partial charge is 0.352 e. The van der Waals surface area contributed by atoms with Crippen LogP contribution in [-0.4, -0.2) is 34.6 Å². The highest BCUT2D eigenvalue weighted by atomic mass is 35.5. The average molecular weight is 312 g/mol. The van der Waals surface area contributed by atoms with Gasteiger partial charge >= 0.3 is 0 Å². The summed E-state index contributed by atoms with van der Waals surface area (Å²) in [6.45, 7) is 6.51. The SMILES string of the molecule is CC1SCCN(c2cc(CNC3CC3)c(Cl)cn2)C1C. The Balaban J connectivity index is 1.76. The molecule has 1 aromatic heterocycles. The van der Waals surface area contributed by atoms with Gasteiger partial charge in [0.1, 0.15) is 5.82 Å². The number of thioether (sulfide) groups is 1. The standard InChI is InChI=1S/C15H22ClN3S/c1-10-11(2)20-6-5-19(10)15-7-12(14(16)9-18-15)8-17-13-3-4-13/h7,9-11,13,17H,3-6,8H2,1-2H3. The number of nitrogens with one attached hydrogen (secondary N) is 1. The molecule has 2 unspecified atom stereocenters. The van der Waals surface area contributed by atoms with E-state index in [2.05, 4.69) is 35.1 Å². The third-order valence-electron chi connectivity index (χ3n) is 4.26. The van der Waals surface area contributed by atoms with Gasteiger partial charge in [-0.15, -0.1) is 0 Å². The fraction of sp³-hybridized carbons (Fsp3) is 0.667. The third kappa shape index (κ3) is 3.23. The van der Waals surface area contributed by atoms with Crippen molar-refractivity contribution in [2.75, 3.05) is 17.2 Å². The van der Waals surface area contributed by atoms with Gasteiger partial charge in [0.15, 0.2) is 0 Å². The number of rotatable bonds is 4. The van der Waals surface area contributed by atoms with Crippen LogP contribution in [0.15, 0.2) is 12.3 Å². The molecule has 1 aromatic rings. The van der Waals surface area contributed by atoms with E-state index in [1.807, 2.05) is 11.8 Å². The van der Waals surface area contributed by atoms with Crippen molar-refractivity contribution in [1.82, 2.24) is 10.3 Å². The van der Waals surface area contributed by atoms with Crippen LogP contribution < -0.4 is 10.2 Å². The highest BCUT2D eigenvalue weighted by Gasteiger charge is 2.26. The van der Waals surface area contributed by atoms with E-state index >= 15 is 0 Å². The summed E-state index contributed by atoms with van der Waals surface area (Å²) in [5.41, 5.74) is 1.17. The van der Waals surface area contributed by atoms with E-state index in [4.69, 9.17) is 11.6 Å². The molecule has 1 saturated carbocycles. The molecule has 0 radical (unpaired) electrons. The molecule has 5 heteroatoms. The van der Waals surface area contributed by atoms with Crippen molar-refractivity contribution in [3.05, 3.63) is 22.8 Å². The van der Waals surface area contributed by atoms with Crippen LogP contribution in [0.25, 0.3) is 0 Å². The van der Waals surface area contributed by atoms with Crippen LogP contribution in [0.4, 0.5) is 5.82 Å². The van der Waals surface area contributed by atoms with Gasteiger partial charge in [-0.3, -0.25) is 0 Å². The molecule has 1 aliphatic heterocycles. The number of pyridine rings is 1. The van der Waals surface area contributed by atoms with Gasteiger partial charge in [0.05, 0.1) is 5.02 Å². The number of nitrogens with zero attached hydrogens (tertiary/aromatic N) is 2. The normalized spacial score (nSPS) is 26.9. The lowest BCUT2D eigenvalue weighted by molar-refractivity contribution is 0.619. The molecule has 3 nitrogen and oxygen atoms in total. The second-order valence-electron chi connectivity index (χ2n) is 5.80. The summed E-state index contributed by atoms with van der Waals surface area (Å²) in [5, 5.41) is 4.95. The summed E-state index contributed by atoms with van der Waals surface area (Å²) < 4.78 is 0. The van der Waals surface area contributed by atoms with Gasteiger partial charge in [-0.25, -0.2) is 4.98 Å². The minimum atomic E-state index is 0.520. The summed E-state index contributed by atoms with van der Waals surface area (Å²) in [4.78, 5) is 6.96. The maximum atomic E-state index is 6.28. The van der Waals surface area contributed by atoms with Gasteiger partial charge in [0.25, 0.3) is 0 Å². The fourth-order valence-electron chi connectivity index (χ4n) is 2.56. The minimum absolute atomic E-state index is 0.520. The van der Waals surface area contributed by atoms with Gasteiger partial charge in [0, 0.05) is 42.4 Å². The molecule has 20 heavy (non-hydrogen) atoms. The van der Waals surface area contributed by atoms with Gasteiger partial charge in [-0.2, -0.15) is 11.8 Å². The van der Waals surface area contributed by atoms with Crippen molar-refractivity contribution in [2.24, 2.45) is 0 Å². The number of hydrogen-bond donors (Lipinski definition) is 1. The van der Waals surface area contributed by atoms with Crippen molar-refractivity contribution in [2.45, 2.75) is 50.6 Å². The maximum Gasteiger partial charge on any atom is 0.129 e. The van der Waals surface area contributed by atoms with E-state index < -0.39 is 0 Å². The van der Waals surface area contributed by atoms with E-state index in [0.29, 0.717) is 17.3 Å². The first-order valence-electron chi connectivity index (χ1n) is 7.41. The fourth-order valence-corrected chi connectivity index (χ4v) is 3.83. The molecule has 2 aliphatic rings. The van der Waals surface area contributed by atoms with Crippen molar-refractivity contribution in [3.8, 4) is 0 Å². The molecule has 1 N–H and O–H groups in total. The van der Waals surface area contributed by atoms with Crippen LogP contribution in [0.1, 0.15) is 32.3 Å². The molecular formula is C15H22ClN3S. The summed E-state index contributed by atoms with van der Waals surface area (Å²) in [6.07, 6.45) is 4.40. The first kappa shape index (κ1) is 14.5. The molecule has 110 valence electrons. The molecule has 0 amide bonds. The van der Waals surface area contributed by atoms with Crippen molar-refractivity contribution < 1.29 is 0 Å². The lowest BCUT2D eigenvalue weighted by atomic mass is 10.2. The highest BCUT2D eigenvalue weighted by molar-refractivity contribution is 8.00. The molecule has 3 rings (SSSR count). The Morgan fingerprint density at radius 3 is 3.00 bits per heavy atom. The Hall–Kier alpha value is -0.450. The average Bonchev–Trinajstić information content (AvgIpc) is 3.25. The number of aromatic nitrogens is 1. The van der Waals surface area contributed by atoms with E-state index in [-0.39, 0.29) is 0 Å². The lowest BCUT2D eigenvalue weighted by Gasteiger charge is -2.38. The summed E-state index contributed by atoms with van der Waals surface area (Å²) in [6, 6.07) is 3.39. The maximum absolute atomic E-state index is 6.28. The van der Waals surface area contributed by atoms with Gasteiger partial charge in [0.2, 0.25) is 0 Å². The molecular weight excluding hydrogens is 290 g/mol. The minimum Gasteiger partial charge on any atom is -0.352 e. The second-order valence-corrected chi connectivity index (χ2v) is 7.69. The number of halogens is 1. The van der Waals surface area contributed by atoms with Crippen LogP contribution in [0.3, 0.4) is 0 Å². The van der Waals surface area contributed by atoms with Crippen molar-refractivity contribution in [3.63, 3.8) is 0 Å². The molecule has 1 aliphatic carbocycles. The van der Waals surface area contributed by atoms with Crippen LogP contribution in [0, 0.1) is 0 Å². The van der Waals surface area contributed by atoms with Crippen molar-refractivity contribution >= 4 is 29.2 Å². The van der Waals surface area contributed by atoms with Crippen LogP contribution in [0.2, 0.25) is 5.02 Å². The van der Waals surface area contributed by atoms with E-state index in [1.54, 1.807) is 6.20 Å². The predicted octanol–water partition coefficient (Wildman–Crippen LogP) is 3.32. The Bertz CT molecular complexity index is 478. The molecule has 2 heterocycles. The van der Waals surface area contributed by atoms with E-state index in [0.717, 1.165) is 23.9 Å². The first-order chi connectivity index (χ1) is 9.65. The predicted molar refractivity (Wildman–Crippen MR) is 87.8 cm³/mol. The zero-order valence-corrected chi connectivity index (χ0v) is 13.7. The zero-order chi connectivity index (χ0) is 14.1. The second kappa shape index (κ2) is 6.12. The Labute approximate surface area is 130 Å². The lowest BCUT2D eigenvalue weighted by Crippen LogP contribution is -2.45. The third-order valence-corrected chi connectivity index (χ3v) is 5.94. The Morgan fingerprint density at radius 2 is 2.25 bits per heavy atom. The van der Waals surface area contributed by atoms with Crippen LogP contribution in [0.5, 0.6) is 0 Å². The number of hydrogen-bond acceptors (Lipinski definition) is 4. The zero-order valence-electron chi connectivity index (χ0n) is 12.1. The van der Waals surface area contributed by atoms with E-state index in [9.17, 15) is 0 Å². The summed E-state index contributed by atoms with van der Waals surface area (Å²) >= 11 is 8.33. The van der Waals surface area contributed by atoms with Gasteiger partial charge in [-0.05, 0) is 31.4 Å². The molecule has 1 saturated heterocycles. The summed E-state index contributed by atoms with van der Waals surface area (Å²) in [7, 11) is 0. The molecule has 0 aromatic carbocycles. The summed E-state index contributed by atoms with van der Waals surface area (Å²) in [5.74, 6) is 2.24. The Kier molecular flexibility index (Phi) is 4.43. The molecule has 0 bridgehead atoms. The van der Waals surface area contributed by atoms with Gasteiger partial charge in [-0.1, -0.05) is 18.5 Å². The Morgan fingerprint density at radius 1 is 1.45 bits per heavy atom. The smallest absolute Gasteiger partial charge is 0.129 e. The van der Waals surface area contributed by atoms with Crippen molar-refractivity contribution in [1.29, 1.82) is 0 Å². The number of anilines is 1. The quantitative estimate of drug-likeness (QED) is 0.923.